The fourth-order valence-corrected chi connectivity index (χ4v) is 5.84. The number of methoxy groups -OCH3 is 3. The summed E-state index contributed by atoms with van der Waals surface area (Å²) in [6.45, 7) is 5.76. The van der Waals surface area contributed by atoms with Gasteiger partial charge in [0.25, 0.3) is 10.0 Å². The molecule has 238 valence electrons. The molecule has 0 radical (unpaired) electrons. The predicted molar refractivity (Wildman–Crippen MR) is 168 cm³/mol. The van der Waals surface area contributed by atoms with Crippen molar-refractivity contribution in [2.24, 2.45) is 0 Å². The lowest BCUT2D eigenvalue weighted by molar-refractivity contribution is -0.139. The Morgan fingerprint density at radius 2 is 1.48 bits per heavy atom. The fourth-order valence-electron chi connectivity index (χ4n) is 4.41. The number of ether oxygens (including phenoxy) is 4. The molecule has 0 saturated carbocycles. The van der Waals surface area contributed by atoms with Gasteiger partial charge in [-0.05, 0) is 74.4 Å². The third kappa shape index (κ3) is 8.34. The number of hydrogen-bond acceptors (Lipinski definition) is 8. The van der Waals surface area contributed by atoms with Crippen LogP contribution in [-0.4, -0.2) is 72.2 Å². The lowest BCUT2D eigenvalue weighted by Crippen LogP contribution is -2.51. The van der Waals surface area contributed by atoms with Crippen molar-refractivity contribution in [3.63, 3.8) is 0 Å². The number of carbonyl (C=O) groups is 2. The third-order valence-electron chi connectivity index (χ3n) is 6.89. The largest absolute Gasteiger partial charge is 0.497 e. The van der Waals surface area contributed by atoms with E-state index in [0.29, 0.717) is 30.4 Å². The molecule has 0 aliphatic heterocycles. The van der Waals surface area contributed by atoms with Crippen molar-refractivity contribution in [1.82, 2.24) is 10.2 Å². The fraction of sp³-hybridized carbons (Fsp3) is 0.375. The molecule has 0 bridgehead atoms. The summed E-state index contributed by atoms with van der Waals surface area (Å²) in [6.07, 6.45) is 0.722. The molecule has 0 aliphatic carbocycles. The standard InChI is InChI=1S/C32H41N3O8S/c1-7-19-33-32(37)23(3)34(21-24-9-13-26(40-4)14-10-24)31(36)22-35(25-11-15-27(16-12-25)43-8-2)44(38,39)28-17-18-29(41-5)30(20-28)42-6/h9-18,20,23H,7-8,19,21-22H2,1-6H3,(H,33,37)/t23-/m1/s1. The van der Waals surface area contributed by atoms with Crippen LogP contribution in [0.15, 0.2) is 71.6 Å². The molecule has 0 fully saturated rings. The first-order valence-electron chi connectivity index (χ1n) is 14.3. The van der Waals surface area contributed by atoms with Crippen LogP contribution in [-0.2, 0) is 26.2 Å². The molecule has 2 amide bonds. The highest BCUT2D eigenvalue weighted by Crippen LogP contribution is 2.33. The molecule has 0 saturated heterocycles. The zero-order valence-electron chi connectivity index (χ0n) is 26.0. The number of rotatable bonds is 16. The molecular weight excluding hydrogens is 586 g/mol. The van der Waals surface area contributed by atoms with E-state index in [9.17, 15) is 18.0 Å². The molecule has 12 heteroatoms. The highest BCUT2D eigenvalue weighted by molar-refractivity contribution is 7.92. The zero-order valence-corrected chi connectivity index (χ0v) is 26.8. The Morgan fingerprint density at radius 1 is 0.841 bits per heavy atom. The van der Waals surface area contributed by atoms with Crippen molar-refractivity contribution in [1.29, 1.82) is 0 Å². The van der Waals surface area contributed by atoms with Crippen LogP contribution in [0.5, 0.6) is 23.0 Å². The molecule has 11 nitrogen and oxygen atoms in total. The van der Waals surface area contributed by atoms with E-state index in [1.54, 1.807) is 62.6 Å². The maximum absolute atomic E-state index is 14.2. The van der Waals surface area contributed by atoms with Crippen LogP contribution < -0.4 is 28.6 Å². The summed E-state index contributed by atoms with van der Waals surface area (Å²) in [5, 5.41) is 2.83. The van der Waals surface area contributed by atoms with Gasteiger partial charge in [0.05, 0.1) is 38.5 Å². The number of carbonyl (C=O) groups excluding carboxylic acids is 2. The first-order valence-corrected chi connectivity index (χ1v) is 15.7. The molecule has 3 rings (SSSR count). The van der Waals surface area contributed by atoms with E-state index in [4.69, 9.17) is 18.9 Å². The maximum Gasteiger partial charge on any atom is 0.264 e. The molecule has 0 unspecified atom stereocenters. The van der Waals surface area contributed by atoms with E-state index >= 15 is 0 Å². The molecule has 1 N–H and O–H groups in total. The summed E-state index contributed by atoms with van der Waals surface area (Å²) >= 11 is 0. The minimum Gasteiger partial charge on any atom is -0.497 e. The van der Waals surface area contributed by atoms with Gasteiger partial charge in [0.1, 0.15) is 24.1 Å². The molecular formula is C32H41N3O8S. The van der Waals surface area contributed by atoms with Gasteiger partial charge in [0.15, 0.2) is 11.5 Å². The topological polar surface area (TPSA) is 124 Å². The number of amides is 2. The van der Waals surface area contributed by atoms with Crippen LogP contribution in [0.3, 0.4) is 0 Å². The first kappa shape index (κ1) is 34.0. The summed E-state index contributed by atoms with van der Waals surface area (Å²) in [5.41, 5.74) is 0.980. The van der Waals surface area contributed by atoms with E-state index in [1.807, 2.05) is 13.8 Å². The highest BCUT2D eigenvalue weighted by Gasteiger charge is 2.33. The van der Waals surface area contributed by atoms with Crippen LogP contribution in [0.2, 0.25) is 0 Å². The molecule has 3 aromatic carbocycles. The van der Waals surface area contributed by atoms with Crippen LogP contribution in [0.4, 0.5) is 5.69 Å². The molecule has 0 spiro atoms. The minimum atomic E-state index is -4.32. The van der Waals surface area contributed by atoms with Crippen molar-refractivity contribution in [2.75, 3.05) is 45.3 Å². The van der Waals surface area contributed by atoms with Crippen LogP contribution in [0.25, 0.3) is 0 Å². The normalized spacial score (nSPS) is 11.7. The quantitative estimate of drug-likeness (QED) is 0.250. The first-order chi connectivity index (χ1) is 21.1. The van der Waals surface area contributed by atoms with Crippen molar-refractivity contribution in [3.8, 4) is 23.0 Å². The van der Waals surface area contributed by atoms with E-state index in [-0.39, 0.29) is 28.8 Å². The number of nitrogens with one attached hydrogen (secondary N) is 1. The number of sulfonamides is 1. The van der Waals surface area contributed by atoms with Gasteiger partial charge in [-0.3, -0.25) is 13.9 Å². The predicted octanol–water partition coefficient (Wildman–Crippen LogP) is 4.25. The SMILES string of the molecule is CCCNC(=O)[C@@H](C)N(Cc1ccc(OC)cc1)C(=O)CN(c1ccc(OCC)cc1)S(=O)(=O)c1ccc(OC)c(OC)c1. The second-order valence-electron chi connectivity index (χ2n) is 9.79. The van der Waals surface area contributed by atoms with Gasteiger partial charge < -0.3 is 29.2 Å². The Kier molecular flexibility index (Phi) is 12.3. The van der Waals surface area contributed by atoms with Gasteiger partial charge >= 0.3 is 0 Å². The molecule has 0 aliphatic rings. The van der Waals surface area contributed by atoms with Crippen LogP contribution >= 0.6 is 0 Å². The molecule has 44 heavy (non-hydrogen) atoms. The second-order valence-corrected chi connectivity index (χ2v) is 11.7. The number of anilines is 1. The van der Waals surface area contributed by atoms with Crippen molar-refractivity contribution in [2.45, 2.75) is 44.7 Å². The molecule has 1 atom stereocenters. The van der Waals surface area contributed by atoms with Crippen molar-refractivity contribution < 1.29 is 37.0 Å². The summed E-state index contributed by atoms with van der Waals surface area (Å²) in [7, 11) is 0.0972. The Morgan fingerprint density at radius 3 is 2.05 bits per heavy atom. The van der Waals surface area contributed by atoms with Gasteiger partial charge in [-0.15, -0.1) is 0 Å². The summed E-state index contributed by atoms with van der Waals surface area (Å²) in [4.78, 5) is 28.4. The number of hydrogen-bond donors (Lipinski definition) is 1. The van der Waals surface area contributed by atoms with Crippen LogP contribution in [0, 0.1) is 0 Å². The van der Waals surface area contributed by atoms with E-state index < -0.39 is 28.5 Å². The maximum atomic E-state index is 14.2. The van der Waals surface area contributed by atoms with Crippen molar-refractivity contribution >= 4 is 27.5 Å². The smallest absolute Gasteiger partial charge is 0.264 e. The van der Waals surface area contributed by atoms with Gasteiger partial charge in [-0.2, -0.15) is 0 Å². The van der Waals surface area contributed by atoms with E-state index in [2.05, 4.69) is 5.32 Å². The Labute approximate surface area is 259 Å². The average molecular weight is 628 g/mol. The molecule has 0 heterocycles. The lowest BCUT2D eigenvalue weighted by atomic mass is 10.1. The summed E-state index contributed by atoms with van der Waals surface area (Å²) in [6, 6.07) is 16.8. The van der Waals surface area contributed by atoms with Gasteiger partial charge in [-0.25, -0.2) is 8.42 Å². The Bertz CT molecular complexity index is 1490. The van der Waals surface area contributed by atoms with Crippen LogP contribution in [0.1, 0.15) is 32.8 Å². The minimum absolute atomic E-state index is 0.0665. The second kappa shape index (κ2) is 15.9. The van der Waals surface area contributed by atoms with Gasteiger partial charge in [0.2, 0.25) is 11.8 Å². The molecule has 0 aromatic heterocycles. The Hall–Kier alpha value is -4.45. The Balaban J connectivity index is 2.06. The van der Waals surface area contributed by atoms with Crippen molar-refractivity contribution in [3.05, 3.63) is 72.3 Å². The lowest BCUT2D eigenvalue weighted by Gasteiger charge is -2.32. The van der Waals surface area contributed by atoms with E-state index in [1.165, 1.54) is 37.3 Å². The van der Waals surface area contributed by atoms with E-state index in [0.717, 1.165) is 16.3 Å². The monoisotopic (exact) mass is 627 g/mol. The summed E-state index contributed by atoms with van der Waals surface area (Å²) < 4.78 is 50.8. The summed E-state index contributed by atoms with van der Waals surface area (Å²) in [5.74, 6) is 0.847. The number of nitrogens with zero attached hydrogens (tertiary/aromatic N) is 2. The number of benzene rings is 3. The average Bonchev–Trinajstić information content (AvgIpc) is 3.04. The molecule has 3 aromatic rings. The highest BCUT2D eigenvalue weighted by atomic mass is 32.2. The zero-order chi connectivity index (χ0) is 32.3. The third-order valence-corrected chi connectivity index (χ3v) is 8.66. The van der Waals surface area contributed by atoms with Gasteiger partial charge in [0, 0.05) is 19.2 Å². The van der Waals surface area contributed by atoms with Gasteiger partial charge in [-0.1, -0.05) is 19.1 Å².